The van der Waals surface area contributed by atoms with E-state index in [4.69, 9.17) is 5.11 Å². The molecule has 0 unspecified atom stereocenters. The predicted molar refractivity (Wildman–Crippen MR) is 67.2 cm³/mol. The molecule has 0 fully saturated rings. The number of benzene rings is 2. The molecule has 4 heteroatoms. The third kappa shape index (κ3) is 2.22. The molecular formula is C14H10O4. The smallest absolute Gasteiger partial charge is 0.376 e. The fourth-order valence-corrected chi connectivity index (χ4v) is 1.71. The van der Waals surface area contributed by atoms with Gasteiger partial charge in [0.15, 0.2) is 0 Å². The van der Waals surface area contributed by atoms with Gasteiger partial charge in [0.1, 0.15) is 5.76 Å². The maximum atomic E-state index is 11.0. The first-order valence-corrected chi connectivity index (χ1v) is 5.25. The second-order valence-corrected chi connectivity index (χ2v) is 3.73. The van der Waals surface area contributed by atoms with E-state index < -0.39 is 11.8 Å². The van der Waals surface area contributed by atoms with Crippen LogP contribution in [0.15, 0.2) is 48.5 Å². The van der Waals surface area contributed by atoms with E-state index in [0.717, 1.165) is 10.8 Å². The van der Waals surface area contributed by atoms with Crippen LogP contribution in [0.4, 0.5) is 0 Å². The van der Waals surface area contributed by atoms with Crippen LogP contribution in [0, 0.1) is 0 Å². The Balaban J connectivity index is 2.55. The van der Waals surface area contributed by atoms with Crippen molar-refractivity contribution >= 4 is 28.3 Å². The minimum atomic E-state index is -1.60. The van der Waals surface area contributed by atoms with Crippen molar-refractivity contribution in [1.29, 1.82) is 0 Å². The van der Waals surface area contributed by atoms with Crippen molar-refractivity contribution in [2.75, 3.05) is 0 Å². The summed E-state index contributed by atoms with van der Waals surface area (Å²) in [4.78, 5) is 21.5. The summed E-state index contributed by atoms with van der Waals surface area (Å²) >= 11 is 0. The van der Waals surface area contributed by atoms with E-state index in [2.05, 4.69) is 0 Å². The van der Waals surface area contributed by atoms with E-state index in [9.17, 15) is 14.7 Å². The van der Waals surface area contributed by atoms with Crippen molar-refractivity contribution in [2.24, 2.45) is 0 Å². The minimum absolute atomic E-state index is 0.348. The number of aliphatic hydroxyl groups is 1. The molecule has 90 valence electrons. The molecule has 0 bridgehead atoms. The van der Waals surface area contributed by atoms with Crippen molar-refractivity contribution in [3.05, 3.63) is 54.1 Å². The molecule has 0 aliphatic carbocycles. The van der Waals surface area contributed by atoms with Gasteiger partial charge in [-0.25, -0.2) is 4.79 Å². The van der Waals surface area contributed by atoms with E-state index in [1.165, 1.54) is 0 Å². The van der Waals surface area contributed by atoms with Gasteiger partial charge < -0.3 is 10.2 Å². The summed E-state index contributed by atoms with van der Waals surface area (Å²) in [6.45, 7) is 0. The number of aliphatic carboxylic acids is 1. The molecule has 2 N–H and O–H groups in total. The van der Waals surface area contributed by atoms with E-state index in [-0.39, 0.29) is 5.76 Å². The van der Waals surface area contributed by atoms with Crippen LogP contribution in [0.2, 0.25) is 0 Å². The molecule has 0 radical (unpaired) electrons. The number of carbonyl (C=O) groups is 2. The number of carboxylic acid groups (broad SMARTS) is 1. The largest absolute Gasteiger partial charge is 0.507 e. The number of hydrogen-bond donors (Lipinski definition) is 2. The van der Waals surface area contributed by atoms with E-state index >= 15 is 0 Å². The van der Waals surface area contributed by atoms with E-state index in [1.807, 2.05) is 18.2 Å². The zero-order valence-electron chi connectivity index (χ0n) is 9.33. The molecule has 4 nitrogen and oxygen atoms in total. The highest BCUT2D eigenvalue weighted by Gasteiger charge is 2.11. The summed E-state index contributed by atoms with van der Waals surface area (Å²) in [6.07, 6.45) is 0.712. The molecule has 2 aromatic carbocycles. The van der Waals surface area contributed by atoms with Gasteiger partial charge in [-0.15, -0.1) is 0 Å². The lowest BCUT2D eigenvalue weighted by Crippen LogP contribution is -2.09. The molecule has 0 aliphatic rings. The normalized spacial score (nSPS) is 11.4. The van der Waals surface area contributed by atoms with Crippen LogP contribution in [0.1, 0.15) is 5.56 Å². The Morgan fingerprint density at radius 1 is 0.944 bits per heavy atom. The van der Waals surface area contributed by atoms with Gasteiger partial charge in [0.05, 0.1) is 0 Å². The fourth-order valence-electron chi connectivity index (χ4n) is 1.71. The average molecular weight is 242 g/mol. The average Bonchev–Trinajstić information content (AvgIpc) is 2.37. The molecule has 0 saturated heterocycles. The molecule has 18 heavy (non-hydrogen) atoms. The van der Waals surface area contributed by atoms with E-state index in [0.29, 0.717) is 11.6 Å². The molecule has 2 aromatic rings. The van der Waals surface area contributed by atoms with Crippen LogP contribution in [-0.4, -0.2) is 22.0 Å². The Bertz CT molecular complexity index is 650. The zero-order valence-corrected chi connectivity index (χ0v) is 9.33. The Hall–Kier alpha value is -2.62. The summed E-state index contributed by atoms with van der Waals surface area (Å²) in [5, 5.41) is 20.0. The number of hydrogen-bond acceptors (Lipinski definition) is 3. The Morgan fingerprint density at radius 3 is 2.33 bits per heavy atom. The number of rotatable bonds is 3. The summed E-state index contributed by atoms with van der Waals surface area (Å²) in [6, 6.07) is 12.5. The summed E-state index contributed by atoms with van der Waals surface area (Å²) < 4.78 is 0. The predicted octanol–water partition coefficient (Wildman–Crippen LogP) is 2.39. The first-order valence-electron chi connectivity index (χ1n) is 5.25. The van der Waals surface area contributed by atoms with Gasteiger partial charge in [0.2, 0.25) is 0 Å². The van der Waals surface area contributed by atoms with Gasteiger partial charge in [-0.05, 0) is 10.8 Å². The van der Waals surface area contributed by atoms with Crippen LogP contribution in [0.3, 0.4) is 0 Å². The molecule has 0 spiro atoms. The zero-order chi connectivity index (χ0) is 13.1. The quantitative estimate of drug-likeness (QED) is 0.492. The van der Waals surface area contributed by atoms with Gasteiger partial charge in [-0.1, -0.05) is 42.5 Å². The first kappa shape index (κ1) is 11.9. The van der Waals surface area contributed by atoms with Gasteiger partial charge >= 0.3 is 5.97 Å². The van der Waals surface area contributed by atoms with Crippen LogP contribution in [-0.2, 0) is 9.59 Å². The van der Waals surface area contributed by atoms with Gasteiger partial charge in [-0.3, -0.25) is 4.79 Å². The fraction of sp³-hybridized carbons (Fsp3) is 0. The highest BCUT2D eigenvalue weighted by atomic mass is 16.4. The SMILES string of the molecule is O=C(O)C(=O)/C=C(\O)c1cccc2ccccc12. The second kappa shape index (κ2) is 4.71. The van der Waals surface area contributed by atoms with Crippen molar-refractivity contribution in [2.45, 2.75) is 0 Å². The summed E-state index contributed by atoms with van der Waals surface area (Å²) in [5.74, 6) is -3.10. The maximum Gasteiger partial charge on any atom is 0.376 e. The number of fused-ring (bicyclic) bond motifs is 1. The molecule has 0 amide bonds. The van der Waals surface area contributed by atoms with Crippen molar-refractivity contribution in [1.82, 2.24) is 0 Å². The second-order valence-electron chi connectivity index (χ2n) is 3.73. The first-order chi connectivity index (χ1) is 8.59. The van der Waals surface area contributed by atoms with Crippen molar-refractivity contribution in [3.8, 4) is 0 Å². The van der Waals surface area contributed by atoms with Gasteiger partial charge in [0.25, 0.3) is 5.78 Å². The van der Waals surface area contributed by atoms with Gasteiger partial charge in [-0.2, -0.15) is 0 Å². The lowest BCUT2D eigenvalue weighted by atomic mass is 10.0. The minimum Gasteiger partial charge on any atom is -0.507 e. The highest BCUT2D eigenvalue weighted by molar-refractivity contribution is 6.38. The molecular weight excluding hydrogens is 232 g/mol. The maximum absolute atomic E-state index is 11.0. The number of aliphatic hydroxyl groups excluding tert-OH is 1. The summed E-state index contributed by atoms with van der Waals surface area (Å²) in [7, 11) is 0. The van der Waals surface area contributed by atoms with Crippen molar-refractivity contribution < 1.29 is 19.8 Å². The number of carbonyl (C=O) groups excluding carboxylic acids is 1. The lowest BCUT2D eigenvalue weighted by Gasteiger charge is -2.05. The van der Waals surface area contributed by atoms with Crippen LogP contribution in [0.5, 0.6) is 0 Å². The third-order valence-corrected chi connectivity index (χ3v) is 2.54. The Kier molecular flexibility index (Phi) is 3.10. The third-order valence-electron chi connectivity index (χ3n) is 2.54. The monoisotopic (exact) mass is 242 g/mol. The number of carboxylic acids is 1. The van der Waals surface area contributed by atoms with Crippen molar-refractivity contribution in [3.63, 3.8) is 0 Å². The lowest BCUT2D eigenvalue weighted by molar-refractivity contribution is -0.146. The Morgan fingerprint density at radius 2 is 1.61 bits per heavy atom. The Labute approximate surface area is 103 Å². The highest BCUT2D eigenvalue weighted by Crippen LogP contribution is 2.23. The van der Waals surface area contributed by atoms with Crippen LogP contribution < -0.4 is 0 Å². The van der Waals surface area contributed by atoms with Gasteiger partial charge in [0, 0.05) is 11.6 Å². The molecule has 0 saturated carbocycles. The topological polar surface area (TPSA) is 74.6 Å². The molecule has 0 aliphatic heterocycles. The molecule has 2 rings (SSSR count). The van der Waals surface area contributed by atoms with Crippen LogP contribution >= 0.6 is 0 Å². The molecule has 0 aromatic heterocycles. The molecule has 0 atom stereocenters. The molecule has 0 heterocycles. The van der Waals surface area contributed by atoms with Crippen LogP contribution in [0.25, 0.3) is 16.5 Å². The number of ketones is 1. The van der Waals surface area contributed by atoms with E-state index in [1.54, 1.807) is 24.3 Å². The standard InChI is InChI=1S/C14H10O4/c15-12(8-13(16)14(17)18)11-7-3-5-9-4-1-2-6-10(9)11/h1-8,15H,(H,17,18)/b12-8-. The summed E-state index contributed by atoms with van der Waals surface area (Å²) in [5.41, 5.74) is 0.433.